The summed E-state index contributed by atoms with van der Waals surface area (Å²) in [6.45, 7) is 7.93. The molecule has 1 aliphatic carbocycles. The van der Waals surface area contributed by atoms with Gasteiger partial charge in [-0.2, -0.15) is 0 Å². The third-order valence-electron chi connectivity index (χ3n) is 6.40. The molecule has 2 atom stereocenters. The van der Waals surface area contributed by atoms with Crippen LogP contribution in [0.15, 0.2) is 0 Å². The molecule has 0 saturated heterocycles. The van der Waals surface area contributed by atoms with Crippen molar-refractivity contribution in [2.24, 2.45) is 5.41 Å². The largest absolute Gasteiger partial charge is 0.378 e. The van der Waals surface area contributed by atoms with Gasteiger partial charge in [-0.15, -0.1) is 10.2 Å². The van der Waals surface area contributed by atoms with Crippen molar-refractivity contribution in [1.82, 2.24) is 25.4 Å². The number of rotatable bonds is 5. The Morgan fingerprint density at radius 2 is 2.08 bits per heavy atom. The summed E-state index contributed by atoms with van der Waals surface area (Å²) in [5.74, 6) is 2.07. The summed E-state index contributed by atoms with van der Waals surface area (Å²) in [7, 11) is 1.74. The van der Waals surface area contributed by atoms with E-state index in [1.54, 1.807) is 7.11 Å². The Balaban J connectivity index is 1.46. The molecule has 7 heteroatoms. The topological polar surface area (TPSA) is 81.1 Å². The maximum atomic E-state index is 12.2. The molecular formula is C18H31N5O2. The van der Waals surface area contributed by atoms with E-state index >= 15 is 0 Å². The van der Waals surface area contributed by atoms with Gasteiger partial charge in [0.05, 0.1) is 5.60 Å². The number of aryl methyl sites for hydroxylation is 1. The number of carbonyl (C=O) groups is 1. The van der Waals surface area contributed by atoms with Crippen molar-refractivity contribution >= 4 is 6.03 Å². The molecule has 2 aliphatic rings. The first-order valence-corrected chi connectivity index (χ1v) is 9.38. The van der Waals surface area contributed by atoms with Gasteiger partial charge < -0.3 is 19.9 Å². The molecule has 2 N–H and O–H groups in total. The number of fused-ring (bicyclic) bond motifs is 1. The van der Waals surface area contributed by atoms with Crippen molar-refractivity contribution in [3.05, 3.63) is 11.6 Å². The van der Waals surface area contributed by atoms with E-state index in [-0.39, 0.29) is 23.1 Å². The SMILES string of the molecule is CO[C@@]1(C)C[C@H](NC(=O)NCCc2nnc3n2CCCCC3)C1(C)C. The van der Waals surface area contributed by atoms with Crippen LogP contribution in [0.2, 0.25) is 0 Å². The number of methoxy groups -OCH3 is 1. The molecule has 2 amide bonds. The number of hydrogen-bond acceptors (Lipinski definition) is 4. The number of nitrogens with one attached hydrogen (secondary N) is 2. The van der Waals surface area contributed by atoms with E-state index in [0.29, 0.717) is 13.0 Å². The Bertz CT molecular complexity index is 627. The highest BCUT2D eigenvalue weighted by Crippen LogP contribution is 2.51. The maximum Gasteiger partial charge on any atom is 0.315 e. The van der Waals surface area contributed by atoms with Crippen LogP contribution in [-0.4, -0.2) is 46.1 Å². The second-order valence-corrected chi connectivity index (χ2v) is 8.06. The van der Waals surface area contributed by atoms with Gasteiger partial charge in [0.25, 0.3) is 0 Å². The van der Waals surface area contributed by atoms with Crippen LogP contribution in [0.25, 0.3) is 0 Å². The van der Waals surface area contributed by atoms with Gasteiger partial charge in [-0.05, 0) is 26.2 Å². The summed E-state index contributed by atoms with van der Waals surface area (Å²) in [6, 6.07) is 0.00801. The van der Waals surface area contributed by atoms with Crippen LogP contribution >= 0.6 is 0 Å². The Hall–Kier alpha value is -1.63. The minimum absolute atomic E-state index is 0.0799. The second kappa shape index (κ2) is 6.94. The second-order valence-electron chi connectivity index (χ2n) is 8.06. The van der Waals surface area contributed by atoms with Crippen molar-refractivity contribution in [2.75, 3.05) is 13.7 Å². The molecule has 0 spiro atoms. The van der Waals surface area contributed by atoms with E-state index in [9.17, 15) is 4.79 Å². The molecule has 1 saturated carbocycles. The van der Waals surface area contributed by atoms with Crippen molar-refractivity contribution in [3.63, 3.8) is 0 Å². The Kier molecular flexibility index (Phi) is 5.04. The predicted molar refractivity (Wildman–Crippen MR) is 95.4 cm³/mol. The van der Waals surface area contributed by atoms with E-state index in [1.807, 2.05) is 0 Å². The summed E-state index contributed by atoms with van der Waals surface area (Å²) in [5, 5.41) is 14.6. The first-order chi connectivity index (χ1) is 11.9. The van der Waals surface area contributed by atoms with Crippen LogP contribution in [0.5, 0.6) is 0 Å². The van der Waals surface area contributed by atoms with Gasteiger partial charge in [0.2, 0.25) is 0 Å². The lowest BCUT2D eigenvalue weighted by Crippen LogP contribution is -2.69. The lowest BCUT2D eigenvalue weighted by molar-refractivity contribution is -0.177. The van der Waals surface area contributed by atoms with Crippen LogP contribution in [0.3, 0.4) is 0 Å². The molecule has 0 aromatic carbocycles. The monoisotopic (exact) mass is 349 g/mol. The average molecular weight is 349 g/mol. The molecule has 3 rings (SSSR count). The maximum absolute atomic E-state index is 12.2. The van der Waals surface area contributed by atoms with Gasteiger partial charge in [0.1, 0.15) is 11.6 Å². The number of amides is 2. The number of ether oxygens (including phenoxy) is 1. The molecular weight excluding hydrogens is 318 g/mol. The molecule has 140 valence electrons. The zero-order valence-corrected chi connectivity index (χ0v) is 15.9. The summed E-state index contributed by atoms with van der Waals surface area (Å²) in [6.07, 6.45) is 6.18. The van der Waals surface area contributed by atoms with Gasteiger partial charge in [-0.3, -0.25) is 0 Å². The fourth-order valence-corrected chi connectivity index (χ4v) is 3.95. The van der Waals surface area contributed by atoms with E-state index in [4.69, 9.17) is 4.74 Å². The third kappa shape index (κ3) is 3.38. The quantitative estimate of drug-likeness (QED) is 0.852. The van der Waals surface area contributed by atoms with E-state index in [0.717, 1.165) is 31.0 Å². The van der Waals surface area contributed by atoms with Gasteiger partial charge in [0, 0.05) is 44.5 Å². The molecule has 0 radical (unpaired) electrons. The van der Waals surface area contributed by atoms with Gasteiger partial charge in [-0.1, -0.05) is 20.3 Å². The van der Waals surface area contributed by atoms with Crippen molar-refractivity contribution in [1.29, 1.82) is 0 Å². The fraction of sp³-hybridized carbons (Fsp3) is 0.833. The number of hydrogen-bond donors (Lipinski definition) is 2. The normalized spacial score (nSPS) is 27.8. The first-order valence-electron chi connectivity index (χ1n) is 9.38. The summed E-state index contributed by atoms with van der Waals surface area (Å²) >= 11 is 0. The van der Waals surface area contributed by atoms with Gasteiger partial charge in [-0.25, -0.2) is 4.79 Å². The predicted octanol–water partition coefficient (Wildman–Crippen LogP) is 2.05. The summed E-state index contributed by atoms with van der Waals surface area (Å²) in [4.78, 5) is 12.2. The summed E-state index contributed by atoms with van der Waals surface area (Å²) in [5.41, 5.74) is -0.256. The van der Waals surface area contributed by atoms with Crippen molar-refractivity contribution < 1.29 is 9.53 Å². The molecule has 1 aromatic heterocycles. The molecule has 1 aromatic rings. The zero-order chi connectivity index (χ0) is 18.1. The van der Waals surface area contributed by atoms with Crippen molar-refractivity contribution in [2.45, 2.75) is 77.5 Å². The molecule has 1 aliphatic heterocycles. The standard InChI is InChI=1S/C18H31N5O2/c1-17(2)13(12-18(17,3)25-4)20-16(24)19-10-9-15-22-21-14-8-6-5-7-11-23(14)15/h13H,5-12H2,1-4H3,(H2,19,20,24)/t13-,18-/m0/s1. The number of nitrogens with zero attached hydrogens (tertiary/aromatic N) is 3. The van der Waals surface area contributed by atoms with Gasteiger partial charge >= 0.3 is 6.03 Å². The van der Waals surface area contributed by atoms with E-state index in [1.165, 1.54) is 19.3 Å². The van der Waals surface area contributed by atoms with Crippen LogP contribution in [0, 0.1) is 5.41 Å². The van der Waals surface area contributed by atoms with Crippen LogP contribution in [0.1, 0.15) is 58.1 Å². The van der Waals surface area contributed by atoms with Crippen LogP contribution in [0.4, 0.5) is 4.79 Å². The van der Waals surface area contributed by atoms with Crippen LogP contribution in [-0.2, 0) is 24.1 Å². The number of carbonyl (C=O) groups excluding carboxylic acids is 1. The first kappa shape index (κ1) is 18.2. The zero-order valence-electron chi connectivity index (χ0n) is 15.9. The van der Waals surface area contributed by atoms with Crippen molar-refractivity contribution in [3.8, 4) is 0 Å². The van der Waals surface area contributed by atoms with Crippen LogP contribution < -0.4 is 10.6 Å². The highest BCUT2D eigenvalue weighted by Gasteiger charge is 2.58. The fourth-order valence-electron chi connectivity index (χ4n) is 3.95. The van der Waals surface area contributed by atoms with E-state index < -0.39 is 0 Å². The summed E-state index contributed by atoms with van der Waals surface area (Å²) < 4.78 is 7.83. The minimum atomic E-state index is -0.177. The molecule has 25 heavy (non-hydrogen) atoms. The minimum Gasteiger partial charge on any atom is -0.378 e. The Morgan fingerprint density at radius 1 is 1.28 bits per heavy atom. The lowest BCUT2D eigenvalue weighted by atomic mass is 9.56. The molecule has 0 bridgehead atoms. The lowest BCUT2D eigenvalue weighted by Gasteiger charge is -2.59. The molecule has 1 fully saturated rings. The highest BCUT2D eigenvalue weighted by atomic mass is 16.5. The number of aromatic nitrogens is 3. The average Bonchev–Trinajstić information content (AvgIpc) is 2.81. The molecule has 7 nitrogen and oxygen atoms in total. The Labute approximate surface area is 149 Å². The Morgan fingerprint density at radius 3 is 2.80 bits per heavy atom. The molecule has 0 unspecified atom stereocenters. The highest BCUT2D eigenvalue weighted by molar-refractivity contribution is 5.74. The van der Waals surface area contributed by atoms with Gasteiger partial charge in [0.15, 0.2) is 0 Å². The third-order valence-corrected chi connectivity index (χ3v) is 6.40. The smallest absolute Gasteiger partial charge is 0.315 e. The number of urea groups is 1. The molecule has 2 heterocycles. The van der Waals surface area contributed by atoms with E-state index in [2.05, 4.69) is 46.2 Å².